The van der Waals surface area contributed by atoms with Crippen molar-refractivity contribution in [1.82, 2.24) is 5.01 Å². The molecule has 0 atom stereocenters. The van der Waals surface area contributed by atoms with Gasteiger partial charge in [0.1, 0.15) is 0 Å². The molecule has 1 aliphatic rings. The molecule has 0 fully saturated rings. The molecule has 0 spiro atoms. The van der Waals surface area contributed by atoms with Crippen LogP contribution in [0.2, 0.25) is 0 Å². The monoisotopic (exact) mass is 166 g/mol. The lowest BCUT2D eigenvalue weighted by Crippen LogP contribution is -2.27. The van der Waals surface area contributed by atoms with Crippen LogP contribution in [0, 0.1) is 5.41 Å². The Morgan fingerprint density at radius 2 is 2.25 bits per heavy atom. The summed E-state index contributed by atoms with van der Waals surface area (Å²) in [6, 6.07) is 0. The van der Waals surface area contributed by atoms with Gasteiger partial charge in [0.05, 0.1) is 0 Å². The second kappa shape index (κ2) is 3.74. The second-order valence-electron chi connectivity index (χ2n) is 4.03. The van der Waals surface area contributed by atoms with E-state index < -0.39 is 0 Å². The van der Waals surface area contributed by atoms with Crippen LogP contribution in [0.4, 0.5) is 0 Å². The summed E-state index contributed by atoms with van der Waals surface area (Å²) < 4.78 is 0. The van der Waals surface area contributed by atoms with Gasteiger partial charge in [0.15, 0.2) is 0 Å². The van der Waals surface area contributed by atoms with Crippen LogP contribution >= 0.6 is 0 Å². The number of hydrogen-bond acceptors (Lipinski definition) is 2. The maximum absolute atomic E-state index is 4.28. The highest BCUT2D eigenvalue weighted by Crippen LogP contribution is 2.21. The number of hydrogen-bond donors (Lipinski definition) is 0. The molecular weight excluding hydrogens is 148 g/mol. The van der Waals surface area contributed by atoms with E-state index in [0.29, 0.717) is 5.41 Å². The molecular formula is C10H18N2. The molecule has 0 amide bonds. The molecule has 0 N–H and O–H groups in total. The lowest BCUT2D eigenvalue weighted by molar-refractivity contribution is 0.229. The van der Waals surface area contributed by atoms with Crippen molar-refractivity contribution in [1.29, 1.82) is 0 Å². The average molecular weight is 166 g/mol. The molecule has 0 aromatic carbocycles. The molecule has 0 unspecified atom stereocenters. The molecule has 68 valence electrons. The summed E-state index contributed by atoms with van der Waals surface area (Å²) in [4.78, 5) is 0. The SMILES string of the molecule is CCC(C)(C)CN1C=CCC=N1. The molecule has 0 aromatic heterocycles. The normalized spacial score (nSPS) is 17.1. The van der Waals surface area contributed by atoms with E-state index >= 15 is 0 Å². The Balaban J connectivity index is 2.44. The summed E-state index contributed by atoms with van der Waals surface area (Å²) in [6.07, 6.45) is 8.32. The topological polar surface area (TPSA) is 15.6 Å². The quantitative estimate of drug-likeness (QED) is 0.629. The molecule has 1 heterocycles. The summed E-state index contributed by atoms with van der Waals surface area (Å²) in [5, 5.41) is 6.30. The van der Waals surface area contributed by atoms with Crippen molar-refractivity contribution in [3.63, 3.8) is 0 Å². The maximum atomic E-state index is 4.28. The Labute approximate surface area is 75.0 Å². The molecule has 0 saturated carbocycles. The van der Waals surface area contributed by atoms with Crippen LogP contribution in [0.3, 0.4) is 0 Å². The Hall–Kier alpha value is -0.790. The second-order valence-corrected chi connectivity index (χ2v) is 4.03. The van der Waals surface area contributed by atoms with Gasteiger partial charge in [-0.05, 0) is 11.8 Å². The van der Waals surface area contributed by atoms with Crippen LogP contribution in [-0.4, -0.2) is 17.8 Å². The maximum Gasteiger partial charge on any atom is 0.0459 e. The third kappa shape index (κ3) is 2.68. The lowest BCUT2D eigenvalue weighted by atomic mass is 9.90. The fourth-order valence-electron chi connectivity index (χ4n) is 1.08. The fourth-order valence-corrected chi connectivity index (χ4v) is 1.08. The van der Waals surface area contributed by atoms with Crippen LogP contribution in [0.15, 0.2) is 17.4 Å². The highest BCUT2D eigenvalue weighted by atomic mass is 15.4. The highest BCUT2D eigenvalue weighted by Gasteiger charge is 2.17. The van der Waals surface area contributed by atoms with Crippen LogP contribution in [-0.2, 0) is 0 Å². The molecule has 1 rings (SSSR count). The molecule has 0 aliphatic carbocycles. The fraction of sp³-hybridized carbons (Fsp3) is 0.700. The van der Waals surface area contributed by atoms with Gasteiger partial charge < -0.3 is 0 Å². The predicted molar refractivity (Wildman–Crippen MR) is 53.0 cm³/mol. The zero-order chi connectivity index (χ0) is 9.03. The van der Waals surface area contributed by atoms with Crippen LogP contribution < -0.4 is 0 Å². The summed E-state index contributed by atoms with van der Waals surface area (Å²) >= 11 is 0. The lowest BCUT2D eigenvalue weighted by Gasteiger charge is -2.28. The van der Waals surface area contributed by atoms with Crippen molar-refractivity contribution >= 4 is 6.21 Å². The van der Waals surface area contributed by atoms with E-state index in [4.69, 9.17) is 0 Å². The van der Waals surface area contributed by atoms with Crippen molar-refractivity contribution in [2.24, 2.45) is 10.5 Å². The average Bonchev–Trinajstić information content (AvgIpc) is 2.06. The Kier molecular flexibility index (Phi) is 2.90. The minimum Gasteiger partial charge on any atom is -0.273 e. The van der Waals surface area contributed by atoms with Crippen LogP contribution in [0.25, 0.3) is 0 Å². The molecule has 12 heavy (non-hydrogen) atoms. The first-order chi connectivity index (χ1) is 5.64. The van der Waals surface area contributed by atoms with Gasteiger partial charge in [-0.15, -0.1) is 0 Å². The molecule has 0 radical (unpaired) electrons. The summed E-state index contributed by atoms with van der Waals surface area (Å²) in [6.45, 7) is 7.77. The molecule has 2 nitrogen and oxygen atoms in total. The van der Waals surface area contributed by atoms with Crippen LogP contribution in [0.5, 0.6) is 0 Å². The molecule has 0 saturated heterocycles. The third-order valence-electron chi connectivity index (χ3n) is 2.30. The smallest absolute Gasteiger partial charge is 0.0459 e. The summed E-state index contributed by atoms with van der Waals surface area (Å²) in [7, 11) is 0. The Morgan fingerprint density at radius 3 is 2.75 bits per heavy atom. The van der Waals surface area contributed by atoms with Crippen LogP contribution in [0.1, 0.15) is 33.6 Å². The Morgan fingerprint density at radius 1 is 1.50 bits per heavy atom. The zero-order valence-electron chi connectivity index (χ0n) is 8.25. The van der Waals surface area contributed by atoms with Gasteiger partial charge in [-0.1, -0.05) is 26.8 Å². The van der Waals surface area contributed by atoms with Crippen molar-refractivity contribution in [2.75, 3.05) is 6.54 Å². The number of hydrazone groups is 1. The zero-order valence-corrected chi connectivity index (χ0v) is 8.25. The van der Waals surface area contributed by atoms with Gasteiger partial charge in [-0.2, -0.15) is 5.10 Å². The molecule has 1 aliphatic heterocycles. The molecule has 0 aromatic rings. The summed E-state index contributed by atoms with van der Waals surface area (Å²) in [5.74, 6) is 0. The van der Waals surface area contributed by atoms with Gasteiger partial charge in [-0.3, -0.25) is 5.01 Å². The Bertz CT molecular complexity index is 180. The first kappa shape index (κ1) is 9.30. The predicted octanol–water partition coefficient (Wildman–Crippen LogP) is 2.63. The number of allylic oxidation sites excluding steroid dienone is 1. The van der Waals surface area contributed by atoms with Crippen molar-refractivity contribution in [3.05, 3.63) is 12.3 Å². The minimum absolute atomic E-state index is 0.360. The standard InChI is InChI=1S/C10H18N2/c1-4-10(2,3)9-12-8-6-5-7-11-12/h6-8H,4-5,9H2,1-3H3. The van der Waals surface area contributed by atoms with E-state index in [9.17, 15) is 0 Å². The van der Waals surface area contributed by atoms with E-state index in [2.05, 4.69) is 38.1 Å². The number of nitrogens with zero attached hydrogens (tertiary/aromatic N) is 2. The van der Waals surface area contributed by atoms with E-state index in [0.717, 1.165) is 13.0 Å². The van der Waals surface area contributed by atoms with E-state index in [-0.39, 0.29) is 0 Å². The van der Waals surface area contributed by atoms with E-state index in [1.54, 1.807) is 0 Å². The summed E-state index contributed by atoms with van der Waals surface area (Å²) in [5.41, 5.74) is 0.360. The van der Waals surface area contributed by atoms with Gasteiger partial charge in [-0.25, -0.2) is 0 Å². The van der Waals surface area contributed by atoms with Gasteiger partial charge in [0.25, 0.3) is 0 Å². The van der Waals surface area contributed by atoms with Gasteiger partial charge in [0.2, 0.25) is 0 Å². The number of rotatable bonds is 3. The first-order valence-corrected chi connectivity index (χ1v) is 4.60. The molecule has 2 heteroatoms. The van der Waals surface area contributed by atoms with Crippen molar-refractivity contribution in [3.8, 4) is 0 Å². The highest BCUT2D eigenvalue weighted by molar-refractivity contribution is 5.59. The largest absolute Gasteiger partial charge is 0.273 e. The van der Waals surface area contributed by atoms with Crippen molar-refractivity contribution in [2.45, 2.75) is 33.6 Å². The molecule has 0 bridgehead atoms. The van der Waals surface area contributed by atoms with E-state index in [1.165, 1.54) is 6.42 Å². The van der Waals surface area contributed by atoms with Gasteiger partial charge >= 0.3 is 0 Å². The first-order valence-electron chi connectivity index (χ1n) is 4.60. The van der Waals surface area contributed by atoms with E-state index in [1.807, 2.05) is 11.2 Å². The third-order valence-corrected chi connectivity index (χ3v) is 2.30. The van der Waals surface area contributed by atoms with Gasteiger partial charge in [0, 0.05) is 25.4 Å². The minimum atomic E-state index is 0.360. The van der Waals surface area contributed by atoms with Crippen molar-refractivity contribution < 1.29 is 0 Å².